The van der Waals surface area contributed by atoms with Crippen LogP contribution in [0.1, 0.15) is 23.7 Å². The average Bonchev–Trinajstić information content (AvgIpc) is 2.29. The minimum Gasteiger partial charge on any atom is -0.489 e. The summed E-state index contributed by atoms with van der Waals surface area (Å²) in [6.45, 7) is 2.65. The smallest absolute Gasteiger partial charge is 0.170 e. The van der Waals surface area contributed by atoms with Gasteiger partial charge in [0.15, 0.2) is 5.78 Å². The van der Waals surface area contributed by atoms with Crippen LogP contribution in [0.4, 0.5) is 0 Å². The van der Waals surface area contributed by atoms with Crippen molar-refractivity contribution in [3.8, 4) is 5.75 Å². The number of ketones is 1. The molecule has 86 valence electrons. The second-order valence-electron chi connectivity index (χ2n) is 4.21. The normalized spacial score (nSPS) is 21.1. The molecule has 1 aromatic carbocycles. The Hall–Kier alpha value is -1.35. The van der Waals surface area contributed by atoms with Crippen LogP contribution >= 0.6 is 0 Å². The van der Waals surface area contributed by atoms with Crippen molar-refractivity contribution < 1.29 is 14.3 Å². The highest BCUT2D eigenvalue weighted by atomic mass is 16.5. The number of ether oxygens (including phenoxy) is 2. The lowest BCUT2D eigenvalue weighted by atomic mass is 9.94. The maximum atomic E-state index is 11.9. The monoisotopic (exact) mass is 220 g/mol. The summed E-state index contributed by atoms with van der Waals surface area (Å²) in [6, 6.07) is 7.41. The van der Waals surface area contributed by atoms with Gasteiger partial charge in [-0.2, -0.15) is 0 Å². The molecule has 0 amide bonds. The Balaban J connectivity index is 2.18. The van der Waals surface area contributed by atoms with Crippen molar-refractivity contribution >= 4 is 5.78 Å². The number of methoxy groups -OCH3 is 1. The Bertz CT molecular complexity index is 387. The molecule has 2 atom stereocenters. The van der Waals surface area contributed by atoms with E-state index in [9.17, 15) is 4.79 Å². The molecule has 2 rings (SSSR count). The number of carbonyl (C=O) groups excluding carboxylic acids is 1. The van der Waals surface area contributed by atoms with Gasteiger partial charge in [-0.05, 0) is 12.1 Å². The van der Waals surface area contributed by atoms with Crippen molar-refractivity contribution in [1.29, 1.82) is 0 Å². The van der Waals surface area contributed by atoms with Crippen LogP contribution < -0.4 is 4.74 Å². The highest BCUT2D eigenvalue weighted by Gasteiger charge is 2.29. The third-order valence-electron chi connectivity index (χ3n) is 2.92. The fraction of sp³-hybridized carbons (Fsp3) is 0.462. The van der Waals surface area contributed by atoms with Crippen molar-refractivity contribution in [1.82, 2.24) is 0 Å². The molecule has 0 saturated carbocycles. The van der Waals surface area contributed by atoms with Gasteiger partial charge in [-0.1, -0.05) is 19.1 Å². The molecule has 16 heavy (non-hydrogen) atoms. The van der Waals surface area contributed by atoms with Crippen LogP contribution in [0.15, 0.2) is 24.3 Å². The maximum Gasteiger partial charge on any atom is 0.170 e. The fourth-order valence-corrected chi connectivity index (χ4v) is 1.98. The largest absolute Gasteiger partial charge is 0.489 e. The highest BCUT2D eigenvalue weighted by molar-refractivity contribution is 5.99. The number of fused-ring (bicyclic) bond motifs is 1. The quantitative estimate of drug-likeness (QED) is 0.784. The number of hydrogen-bond acceptors (Lipinski definition) is 3. The third kappa shape index (κ3) is 2.09. The number of para-hydroxylation sites is 1. The molecule has 3 heteroatoms. The fourth-order valence-electron chi connectivity index (χ4n) is 1.98. The van der Waals surface area contributed by atoms with Crippen LogP contribution in [0, 0.1) is 5.92 Å². The number of Topliss-reactive ketones (excluding diaryl/α,β-unsaturated/α-hetero) is 1. The van der Waals surface area contributed by atoms with E-state index < -0.39 is 0 Å². The van der Waals surface area contributed by atoms with Gasteiger partial charge >= 0.3 is 0 Å². The minimum absolute atomic E-state index is 0.0673. The molecule has 0 aromatic heterocycles. The van der Waals surface area contributed by atoms with Crippen LogP contribution in [0.2, 0.25) is 0 Å². The van der Waals surface area contributed by atoms with E-state index in [0.29, 0.717) is 24.3 Å². The minimum atomic E-state index is -0.0673. The second kappa shape index (κ2) is 4.66. The van der Waals surface area contributed by atoms with Crippen molar-refractivity contribution in [2.24, 2.45) is 5.92 Å². The summed E-state index contributed by atoms with van der Waals surface area (Å²) in [4.78, 5) is 11.9. The molecule has 2 unspecified atom stereocenters. The maximum absolute atomic E-state index is 11.9. The van der Waals surface area contributed by atoms with Crippen molar-refractivity contribution in [3.05, 3.63) is 29.8 Å². The first-order valence-corrected chi connectivity index (χ1v) is 5.50. The molecular formula is C13H16O3. The van der Waals surface area contributed by atoms with Gasteiger partial charge in [-0.25, -0.2) is 0 Å². The van der Waals surface area contributed by atoms with Crippen LogP contribution in [-0.4, -0.2) is 25.6 Å². The summed E-state index contributed by atoms with van der Waals surface area (Å²) in [6.07, 6.45) is 0.379. The Morgan fingerprint density at radius 3 is 3.00 bits per heavy atom. The second-order valence-corrected chi connectivity index (χ2v) is 4.21. The molecule has 0 radical (unpaired) electrons. The average molecular weight is 220 g/mol. The van der Waals surface area contributed by atoms with Gasteiger partial charge in [0.1, 0.15) is 11.9 Å². The van der Waals surface area contributed by atoms with E-state index in [1.807, 2.05) is 31.2 Å². The Morgan fingerprint density at radius 1 is 1.50 bits per heavy atom. The van der Waals surface area contributed by atoms with Gasteiger partial charge in [0.2, 0.25) is 0 Å². The molecule has 3 nitrogen and oxygen atoms in total. The Labute approximate surface area is 95.4 Å². The molecule has 0 fully saturated rings. The Kier molecular flexibility index (Phi) is 3.25. The number of benzene rings is 1. The SMILES string of the molecule is COCC(C)C1CC(=O)c2ccccc2O1. The highest BCUT2D eigenvalue weighted by Crippen LogP contribution is 2.29. The van der Waals surface area contributed by atoms with Gasteiger partial charge in [0, 0.05) is 19.4 Å². The van der Waals surface area contributed by atoms with Gasteiger partial charge in [0.05, 0.1) is 12.2 Å². The number of carbonyl (C=O) groups is 1. The van der Waals surface area contributed by atoms with E-state index in [1.165, 1.54) is 0 Å². The lowest BCUT2D eigenvalue weighted by Crippen LogP contribution is -2.34. The van der Waals surface area contributed by atoms with Crippen LogP contribution in [0.3, 0.4) is 0 Å². The van der Waals surface area contributed by atoms with E-state index in [4.69, 9.17) is 9.47 Å². The van der Waals surface area contributed by atoms with E-state index in [-0.39, 0.29) is 17.8 Å². The molecule has 1 aromatic rings. The van der Waals surface area contributed by atoms with Gasteiger partial charge < -0.3 is 9.47 Å². The number of hydrogen-bond donors (Lipinski definition) is 0. The topological polar surface area (TPSA) is 35.5 Å². The molecule has 0 saturated heterocycles. The van der Waals surface area contributed by atoms with Crippen molar-refractivity contribution in [2.45, 2.75) is 19.4 Å². The number of rotatable bonds is 3. The molecule has 0 aliphatic carbocycles. The van der Waals surface area contributed by atoms with Gasteiger partial charge in [-0.15, -0.1) is 0 Å². The summed E-state index contributed by atoms with van der Waals surface area (Å²) < 4.78 is 10.9. The molecule has 0 spiro atoms. The van der Waals surface area contributed by atoms with Crippen molar-refractivity contribution in [2.75, 3.05) is 13.7 Å². The Morgan fingerprint density at radius 2 is 2.25 bits per heavy atom. The molecule has 1 aliphatic heterocycles. The third-order valence-corrected chi connectivity index (χ3v) is 2.92. The van der Waals surface area contributed by atoms with E-state index in [1.54, 1.807) is 7.11 Å². The zero-order chi connectivity index (χ0) is 11.5. The summed E-state index contributed by atoms with van der Waals surface area (Å²) in [7, 11) is 1.66. The zero-order valence-corrected chi connectivity index (χ0v) is 9.60. The molecule has 0 bridgehead atoms. The lowest BCUT2D eigenvalue weighted by Gasteiger charge is -2.29. The van der Waals surface area contributed by atoms with Gasteiger partial charge in [0.25, 0.3) is 0 Å². The van der Waals surface area contributed by atoms with Crippen LogP contribution in [0.25, 0.3) is 0 Å². The first-order valence-electron chi connectivity index (χ1n) is 5.50. The molecule has 1 aliphatic rings. The lowest BCUT2D eigenvalue weighted by molar-refractivity contribution is 0.0524. The van der Waals surface area contributed by atoms with Crippen LogP contribution in [0.5, 0.6) is 5.75 Å². The summed E-state index contributed by atoms with van der Waals surface area (Å²) >= 11 is 0. The first kappa shape index (κ1) is 11.1. The summed E-state index contributed by atoms with van der Waals surface area (Å²) in [5, 5.41) is 0. The molecular weight excluding hydrogens is 204 g/mol. The predicted octanol–water partition coefficient (Wildman–Crippen LogP) is 2.30. The van der Waals surface area contributed by atoms with E-state index in [0.717, 1.165) is 0 Å². The van der Waals surface area contributed by atoms with E-state index >= 15 is 0 Å². The molecule has 1 heterocycles. The molecule has 0 N–H and O–H groups in total. The zero-order valence-electron chi connectivity index (χ0n) is 9.60. The predicted molar refractivity (Wildman–Crippen MR) is 60.8 cm³/mol. The van der Waals surface area contributed by atoms with Gasteiger partial charge in [-0.3, -0.25) is 4.79 Å². The standard InChI is InChI=1S/C13H16O3/c1-9(8-15-2)13-7-11(14)10-5-3-4-6-12(10)16-13/h3-6,9,13H,7-8H2,1-2H3. The summed E-state index contributed by atoms with van der Waals surface area (Å²) in [5.41, 5.74) is 0.698. The summed E-state index contributed by atoms with van der Waals surface area (Å²) in [5.74, 6) is 1.09. The van der Waals surface area contributed by atoms with E-state index in [2.05, 4.69) is 0 Å². The van der Waals surface area contributed by atoms with Crippen molar-refractivity contribution in [3.63, 3.8) is 0 Å². The first-order chi connectivity index (χ1) is 7.72. The van der Waals surface area contributed by atoms with Crippen LogP contribution in [-0.2, 0) is 4.74 Å².